The van der Waals surface area contributed by atoms with Crippen molar-refractivity contribution in [3.05, 3.63) is 82.4 Å². The molecular formula is C22H20F4N2O. The highest BCUT2D eigenvalue weighted by molar-refractivity contribution is 5.81. The number of rotatable bonds is 6. The summed E-state index contributed by atoms with van der Waals surface area (Å²) >= 11 is 0. The van der Waals surface area contributed by atoms with E-state index in [1.165, 1.54) is 0 Å². The summed E-state index contributed by atoms with van der Waals surface area (Å²) < 4.78 is 54.3. The molecule has 0 radical (unpaired) electrons. The topological polar surface area (TPSA) is 34.9 Å². The molecule has 0 fully saturated rings. The summed E-state index contributed by atoms with van der Waals surface area (Å²) in [5.41, 5.74) is 2.05. The Morgan fingerprint density at radius 2 is 1.76 bits per heavy atom. The van der Waals surface area contributed by atoms with Gasteiger partial charge in [0.25, 0.3) is 0 Å². The number of ketones is 1. The third kappa shape index (κ3) is 4.72. The number of hydrogen-bond donors (Lipinski definition) is 0. The molecule has 1 aromatic heterocycles. The Balaban J connectivity index is 1.74. The van der Waals surface area contributed by atoms with Crippen molar-refractivity contribution in [1.29, 1.82) is 0 Å². The maximum Gasteiger partial charge on any atom is 0.416 e. The fourth-order valence-electron chi connectivity index (χ4n) is 3.34. The Bertz CT molecular complexity index is 1020. The maximum atomic E-state index is 13.2. The second-order valence-electron chi connectivity index (χ2n) is 6.91. The molecule has 0 spiro atoms. The van der Waals surface area contributed by atoms with Crippen molar-refractivity contribution >= 4 is 5.78 Å². The second kappa shape index (κ2) is 8.19. The van der Waals surface area contributed by atoms with Gasteiger partial charge >= 0.3 is 6.18 Å². The van der Waals surface area contributed by atoms with E-state index in [1.54, 1.807) is 11.6 Å². The Hall–Kier alpha value is -2.96. The number of nitrogens with zero attached hydrogens (tertiary/aromatic N) is 2. The van der Waals surface area contributed by atoms with E-state index in [1.807, 2.05) is 37.3 Å². The van der Waals surface area contributed by atoms with Crippen molar-refractivity contribution in [3.8, 4) is 5.69 Å². The molecule has 0 saturated heterocycles. The molecular weight excluding hydrogens is 384 g/mol. The molecule has 0 unspecified atom stereocenters. The van der Waals surface area contributed by atoms with Gasteiger partial charge in [0, 0.05) is 24.1 Å². The minimum absolute atomic E-state index is 0.0654. The molecule has 0 amide bonds. The Morgan fingerprint density at radius 1 is 1.07 bits per heavy atom. The molecule has 7 heteroatoms. The molecule has 2 aromatic carbocycles. The number of Topliss-reactive ketones (excluding diaryl/α,β-unsaturated/α-hetero) is 1. The van der Waals surface area contributed by atoms with E-state index in [2.05, 4.69) is 5.10 Å². The molecule has 3 aromatic rings. The van der Waals surface area contributed by atoms with Gasteiger partial charge in [-0.15, -0.1) is 0 Å². The largest absolute Gasteiger partial charge is 0.416 e. The number of benzene rings is 2. The quantitative estimate of drug-likeness (QED) is 0.516. The van der Waals surface area contributed by atoms with E-state index in [9.17, 15) is 22.4 Å². The number of halogens is 4. The van der Waals surface area contributed by atoms with Crippen LogP contribution >= 0.6 is 0 Å². The maximum absolute atomic E-state index is 13.2. The summed E-state index contributed by atoms with van der Waals surface area (Å²) in [4.78, 5) is 12.5. The first kappa shape index (κ1) is 20.8. The van der Waals surface area contributed by atoms with E-state index in [0.717, 1.165) is 29.1 Å². The van der Waals surface area contributed by atoms with E-state index < -0.39 is 17.6 Å². The lowest BCUT2D eigenvalue weighted by atomic mass is 9.98. The lowest BCUT2D eigenvalue weighted by Gasteiger charge is -2.12. The van der Waals surface area contributed by atoms with Crippen LogP contribution in [0.5, 0.6) is 0 Å². The number of carbonyl (C=O) groups is 1. The van der Waals surface area contributed by atoms with Gasteiger partial charge < -0.3 is 0 Å². The van der Waals surface area contributed by atoms with Crippen LogP contribution in [-0.2, 0) is 23.8 Å². The number of carbonyl (C=O) groups excluding carboxylic acids is 1. The van der Waals surface area contributed by atoms with E-state index in [4.69, 9.17) is 0 Å². The van der Waals surface area contributed by atoms with Crippen LogP contribution in [0.3, 0.4) is 0 Å². The summed E-state index contributed by atoms with van der Waals surface area (Å²) in [5.74, 6) is -1.15. The highest BCUT2D eigenvalue weighted by Gasteiger charge is 2.33. The van der Waals surface area contributed by atoms with E-state index >= 15 is 0 Å². The molecule has 0 aliphatic carbocycles. The lowest BCUT2D eigenvalue weighted by Crippen LogP contribution is -2.12. The van der Waals surface area contributed by atoms with Crippen molar-refractivity contribution in [2.45, 2.75) is 39.3 Å². The summed E-state index contributed by atoms with van der Waals surface area (Å²) in [6, 6.07) is 12.0. The van der Waals surface area contributed by atoms with Gasteiger partial charge in [-0.05, 0) is 50.1 Å². The van der Waals surface area contributed by atoms with Crippen molar-refractivity contribution < 1.29 is 22.4 Å². The van der Waals surface area contributed by atoms with Crippen LogP contribution in [0.2, 0.25) is 0 Å². The molecule has 0 saturated carbocycles. The third-order valence-corrected chi connectivity index (χ3v) is 4.87. The zero-order chi connectivity index (χ0) is 21.2. The molecule has 0 N–H and O–H groups in total. The zero-order valence-corrected chi connectivity index (χ0v) is 16.1. The first-order valence-corrected chi connectivity index (χ1v) is 9.14. The van der Waals surface area contributed by atoms with Gasteiger partial charge in [0.2, 0.25) is 0 Å². The number of para-hydroxylation sites is 1. The monoisotopic (exact) mass is 404 g/mol. The van der Waals surface area contributed by atoms with Crippen molar-refractivity contribution in [1.82, 2.24) is 9.78 Å². The van der Waals surface area contributed by atoms with Gasteiger partial charge in [0.1, 0.15) is 11.6 Å². The minimum atomic E-state index is -4.66. The van der Waals surface area contributed by atoms with Crippen molar-refractivity contribution in [3.63, 3.8) is 0 Å². The average molecular weight is 404 g/mol. The predicted molar refractivity (Wildman–Crippen MR) is 101 cm³/mol. The molecule has 1 heterocycles. The van der Waals surface area contributed by atoms with Gasteiger partial charge in [-0.3, -0.25) is 4.79 Å². The molecule has 0 atom stereocenters. The van der Waals surface area contributed by atoms with Crippen LogP contribution < -0.4 is 0 Å². The molecule has 3 nitrogen and oxygen atoms in total. The van der Waals surface area contributed by atoms with Crippen LogP contribution in [0.4, 0.5) is 17.6 Å². The molecule has 3 rings (SSSR count). The van der Waals surface area contributed by atoms with E-state index in [-0.39, 0.29) is 30.6 Å². The Morgan fingerprint density at radius 3 is 2.41 bits per heavy atom. The normalized spacial score (nSPS) is 11.7. The van der Waals surface area contributed by atoms with Crippen LogP contribution in [-0.4, -0.2) is 15.6 Å². The molecule has 0 aliphatic rings. The Labute approximate surface area is 166 Å². The van der Waals surface area contributed by atoms with E-state index in [0.29, 0.717) is 11.8 Å². The highest BCUT2D eigenvalue weighted by Crippen LogP contribution is 2.33. The average Bonchev–Trinajstić information content (AvgIpc) is 2.95. The molecule has 152 valence electrons. The summed E-state index contributed by atoms with van der Waals surface area (Å²) in [6.07, 6.45) is -4.74. The second-order valence-corrected chi connectivity index (χ2v) is 6.91. The van der Waals surface area contributed by atoms with Gasteiger partial charge in [0.15, 0.2) is 0 Å². The zero-order valence-electron chi connectivity index (χ0n) is 16.1. The van der Waals surface area contributed by atoms with Crippen molar-refractivity contribution in [2.75, 3.05) is 0 Å². The SMILES string of the molecule is Cc1nn(-c2ccccc2)c(C)c1CC(=O)CCc1ccc(F)cc1C(F)(F)F. The number of aryl methyl sites for hydroxylation is 2. The Kier molecular flexibility index (Phi) is 5.86. The van der Waals surface area contributed by atoms with Gasteiger partial charge in [-0.1, -0.05) is 24.3 Å². The van der Waals surface area contributed by atoms with Crippen LogP contribution in [0, 0.1) is 19.7 Å². The minimum Gasteiger partial charge on any atom is -0.299 e. The summed E-state index contributed by atoms with van der Waals surface area (Å²) in [5, 5.41) is 4.48. The molecule has 29 heavy (non-hydrogen) atoms. The predicted octanol–water partition coefficient (Wildman–Crippen LogP) is 5.39. The molecule has 0 aliphatic heterocycles. The van der Waals surface area contributed by atoms with Gasteiger partial charge in [-0.25, -0.2) is 9.07 Å². The van der Waals surface area contributed by atoms with Crippen LogP contribution in [0.1, 0.15) is 34.5 Å². The first-order chi connectivity index (χ1) is 13.7. The van der Waals surface area contributed by atoms with Crippen LogP contribution in [0.15, 0.2) is 48.5 Å². The molecule has 0 bridgehead atoms. The number of aromatic nitrogens is 2. The first-order valence-electron chi connectivity index (χ1n) is 9.14. The smallest absolute Gasteiger partial charge is 0.299 e. The third-order valence-electron chi connectivity index (χ3n) is 4.87. The van der Waals surface area contributed by atoms with Gasteiger partial charge in [0.05, 0.1) is 16.9 Å². The fourth-order valence-corrected chi connectivity index (χ4v) is 3.34. The van der Waals surface area contributed by atoms with Gasteiger partial charge in [-0.2, -0.15) is 18.3 Å². The number of hydrogen-bond acceptors (Lipinski definition) is 2. The number of alkyl halides is 3. The lowest BCUT2D eigenvalue weighted by molar-refractivity contribution is -0.138. The summed E-state index contributed by atoms with van der Waals surface area (Å²) in [7, 11) is 0. The standard InChI is InChI=1S/C22H20F4N2O/c1-14-20(15(2)28(27-14)18-6-4-3-5-7-18)13-19(29)11-9-16-8-10-17(23)12-21(16)22(24,25)26/h3-8,10,12H,9,11,13H2,1-2H3. The fraction of sp³-hybridized carbons (Fsp3) is 0.273. The highest BCUT2D eigenvalue weighted by atomic mass is 19.4. The summed E-state index contributed by atoms with van der Waals surface area (Å²) in [6.45, 7) is 3.66. The van der Waals surface area contributed by atoms with Crippen molar-refractivity contribution in [2.24, 2.45) is 0 Å². The van der Waals surface area contributed by atoms with Crippen LogP contribution in [0.25, 0.3) is 5.69 Å².